The lowest BCUT2D eigenvalue weighted by Gasteiger charge is -2.34. The number of hydrogen-bond acceptors (Lipinski definition) is 4. The summed E-state index contributed by atoms with van der Waals surface area (Å²) < 4.78 is 0. The molecular formula is C25H33ClN4. The highest BCUT2D eigenvalue weighted by molar-refractivity contribution is 6.31. The molecule has 0 saturated carbocycles. The minimum Gasteiger partial charge on any atom is -0.373 e. The van der Waals surface area contributed by atoms with Crippen LogP contribution in [0.1, 0.15) is 30.0 Å². The van der Waals surface area contributed by atoms with E-state index in [9.17, 15) is 0 Å². The van der Waals surface area contributed by atoms with Gasteiger partial charge in [0.15, 0.2) is 5.82 Å². The van der Waals surface area contributed by atoms with Crippen LogP contribution < -0.4 is 5.32 Å². The summed E-state index contributed by atoms with van der Waals surface area (Å²) in [4.78, 5) is 8.72. The monoisotopic (exact) mass is 424 g/mol. The van der Waals surface area contributed by atoms with E-state index in [-0.39, 0.29) is 0 Å². The molecule has 0 unspecified atom stereocenters. The van der Waals surface area contributed by atoms with Crippen LogP contribution in [0, 0.1) is 6.92 Å². The van der Waals surface area contributed by atoms with E-state index in [0.29, 0.717) is 18.9 Å². The average molecular weight is 425 g/mol. The van der Waals surface area contributed by atoms with Gasteiger partial charge >= 0.3 is 0 Å². The van der Waals surface area contributed by atoms with Crippen molar-refractivity contribution in [3.8, 4) is 0 Å². The molecular weight excluding hydrogens is 392 g/mol. The molecule has 2 rings (SSSR count). The second-order valence-electron chi connectivity index (χ2n) is 7.40. The third-order valence-corrected chi connectivity index (χ3v) is 5.46. The Hall–Kier alpha value is -2.72. The number of aryl methyl sites for hydroxylation is 1. The molecule has 0 aliphatic heterocycles. The Balaban J connectivity index is 2.53. The lowest BCUT2D eigenvalue weighted by Crippen LogP contribution is -2.32. The predicted octanol–water partition coefficient (Wildman–Crippen LogP) is 5.60. The molecule has 0 bridgehead atoms. The summed E-state index contributed by atoms with van der Waals surface area (Å²) in [6.07, 6.45) is 1.03. The first-order chi connectivity index (χ1) is 14.4. The summed E-state index contributed by atoms with van der Waals surface area (Å²) >= 11 is 6.41. The van der Waals surface area contributed by atoms with Gasteiger partial charge in [0.05, 0.1) is 5.70 Å². The van der Waals surface area contributed by atoms with E-state index in [0.717, 1.165) is 40.5 Å². The number of nitrogens with one attached hydrogen (secondary N) is 1. The average Bonchev–Trinajstić information content (AvgIpc) is 2.74. The first-order valence-corrected chi connectivity index (χ1v) is 10.6. The van der Waals surface area contributed by atoms with Gasteiger partial charge in [-0.1, -0.05) is 67.6 Å². The number of benzene rings is 2. The third kappa shape index (κ3) is 6.14. The van der Waals surface area contributed by atoms with E-state index in [1.165, 1.54) is 5.56 Å². The van der Waals surface area contributed by atoms with E-state index in [2.05, 4.69) is 83.8 Å². The number of nitrogens with zero attached hydrogens (tertiary/aromatic N) is 3. The van der Waals surface area contributed by atoms with E-state index < -0.39 is 0 Å². The number of rotatable bonds is 11. The van der Waals surface area contributed by atoms with Gasteiger partial charge in [0, 0.05) is 38.8 Å². The Morgan fingerprint density at radius 3 is 2.33 bits per heavy atom. The zero-order chi connectivity index (χ0) is 22.1. The number of halogens is 1. The van der Waals surface area contributed by atoms with Gasteiger partial charge in [-0.2, -0.15) is 0 Å². The fourth-order valence-electron chi connectivity index (χ4n) is 3.37. The fourth-order valence-corrected chi connectivity index (χ4v) is 3.57. The van der Waals surface area contributed by atoms with Crippen molar-refractivity contribution in [2.75, 3.05) is 20.6 Å². The van der Waals surface area contributed by atoms with Crippen LogP contribution in [0.3, 0.4) is 0 Å². The van der Waals surface area contributed by atoms with Crippen LogP contribution in [0.2, 0.25) is 5.02 Å². The van der Waals surface area contributed by atoms with E-state index >= 15 is 0 Å². The van der Waals surface area contributed by atoms with E-state index in [4.69, 9.17) is 11.6 Å². The zero-order valence-electron chi connectivity index (χ0n) is 18.6. The van der Waals surface area contributed by atoms with Crippen molar-refractivity contribution < 1.29 is 0 Å². The first kappa shape index (κ1) is 23.6. The summed E-state index contributed by atoms with van der Waals surface area (Å²) in [5, 5.41) is 3.97. The molecule has 0 heterocycles. The van der Waals surface area contributed by atoms with Gasteiger partial charge in [0.2, 0.25) is 0 Å². The zero-order valence-corrected chi connectivity index (χ0v) is 19.3. The van der Waals surface area contributed by atoms with Crippen molar-refractivity contribution in [2.24, 2.45) is 4.99 Å². The van der Waals surface area contributed by atoms with Crippen LogP contribution in [0.5, 0.6) is 0 Å². The lowest BCUT2D eigenvalue weighted by molar-refractivity contribution is 0.300. The summed E-state index contributed by atoms with van der Waals surface area (Å²) in [6.45, 7) is 14.6. The highest BCUT2D eigenvalue weighted by Crippen LogP contribution is 2.26. The van der Waals surface area contributed by atoms with Crippen LogP contribution in [-0.4, -0.2) is 37.2 Å². The fraction of sp³-hybridized carbons (Fsp3) is 0.320. The molecule has 1 N–H and O–H groups in total. The molecule has 0 radical (unpaired) electrons. The first-order valence-electron chi connectivity index (χ1n) is 10.2. The van der Waals surface area contributed by atoms with Crippen LogP contribution in [0.4, 0.5) is 0 Å². The van der Waals surface area contributed by atoms with Gasteiger partial charge in [-0.15, -0.1) is 0 Å². The van der Waals surface area contributed by atoms with Crippen molar-refractivity contribution in [1.82, 2.24) is 15.1 Å². The van der Waals surface area contributed by atoms with Crippen molar-refractivity contribution in [2.45, 2.75) is 33.4 Å². The second-order valence-corrected chi connectivity index (χ2v) is 7.81. The topological polar surface area (TPSA) is 30.9 Å². The minimum atomic E-state index is 0.671. The van der Waals surface area contributed by atoms with E-state index in [1.807, 2.05) is 26.1 Å². The molecule has 0 spiro atoms. The normalized spacial score (nSPS) is 11.5. The summed E-state index contributed by atoms with van der Waals surface area (Å²) in [6, 6.07) is 16.6. The van der Waals surface area contributed by atoms with Crippen molar-refractivity contribution in [3.63, 3.8) is 0 Å². The number of likely N-dealkylation sites (N-methyl/N-ethyl adjacent to an activating group) is 1. The van der Waals surface area contributed by atoms with Gasteiger partial charge in [-0.05, 0) is 42.8 Å². The Morgan fingerprint density at radius 1 is 1.10 bits per heavy atom. The highest BCUT2D eigenvalue weighted by Gasteiger charge is 2.21. The van der Waals surface area contributed by atoms with Gasteiger partial charge in [0.1, 0.15) is 5.70 Å². The summed E-state index contributed by atoms with van der Waals surface area (Å²) in [5.41, 5.74) is 5.25. The Labute approximate surface area is 186 Å². The van der Waals surface area contributed by atoms with Gasteiger partial charge in [0.25, 0.3) is 0 Å². The molecule has 30 heavy (non-hydrogen) atoms. The highest BCUT2D eigenvalue weighted by atomic mass is 35.5. The molecule has 0 atom stereocenters. The molecule has 160 valence electrons. The van der Waals surface area contributed by atoms with Crippen LogP contribution >= 0.6 is 11.6 Å². The molecule has 0 saturated heterocycles. The Bertz CT molecular complexity index is 889. The second kappa shape index (κ2) is 11.5. The van der Waals surface area contributed by atoms with Crippen LogP contribution in [0.15, 0.2) is 77.3 Å². The SMILES string of the molecule is C=N/C(NC)=C(/C(=C)N(C)CCC)N(Cc1ccccc1)Cc1ccc(C)c(Cl)c1. The van der Waals surface area contributed by atoms with Crippen molar-refractivity contribution in [3.05, 3.63) is 94.0 Å². The molecule has 4 nitrogen and oxygen atoms in total. The smallest absolute Gasteiger partial charge is 0.150 e. The minimum absolute atomic E-state index is 0.671. The van der Waals surface area contributed by atoms with Crippen molar-refractivity contribution in [1.29, 1.82) is 0 Å². The van der Waals surface area contributed by atoms with Gasteiger partial charge < -0.3 is 15.1 Å². The van der Waals surface area contributed by atoms with Crippen LogP contribution in [-0.2, 0) is 13.1 Å². The van der Waals surface area contributed by atoms with Crippen LogP contribution in [0.25, 0.3) is 0 Å². The Morgan fingerprint density at radius 2 is 1.77 bits per heavy atom. The number of aliphatic imine (C=N–C) groups is 1. The molecule has 0 aliphatic carbocycles. The molecule has 0 amide bonds. The quantitative estimate of drug-likeness (QED) is 0.376. The largest absolute Gasteiger partial charge is 0.373 e. The maximum absolute atomic E-state index is 6.41. The molecule has 2 aromatic rings. The summed E-state index contributed by atoms with van der Waals surface area (Å²) in [7, 11) is 3.92. The van der Waals surface area contributed by atoms with E-state index in [1.54, 1.807) is 0 Å². The molecule has 0 aromatic heterocycles. The molecule has 0 aliphatic rings. The van der Waals surface area contributed by atoms with Gasteiger partial charge in [-0.3, -0.25) is 0 Å². The maximum Gasteiger partial charge on any atom is 0.150 e. The standard InChI is InChI=1S/C25H33ClN4/c1-7-15-29(6)20(3)24(25(27-4)28-5)30(17-21-11-9-8-10-12-21)18-22-14-13-19(2)23(26)16-22/h8-14,16,28H,3-4,7,15,17-18H2,1-2,5-6H3/b25-24+. The maximum atomic E-state index is 6.41. The third-order valence-electron chi connectivity index (χ3n) is 5.05. The predicted molar refractivity (Wildman–Crippen MR) is 130 cm³/mol. The summed E-state index contributed by atoms with van der Waals surface area (Å²) in [5.74, 6) is 0.706. The Kier molecular flexibility index (Phi) is 9.00. The van der Waals surface area contributed by atoms with Crippen molar-refractivity contribution >= 4 is 18.3 Å². The molecule has 0 fully saturated rings. The number of hydrogen-bond donors (Lipinski definition) is 1. The molecule has 2 aromatic carbocycles. The molecule has 5 heteroatoms. The van der Waals surface area contributed by atoms with Gasteiger partial charge in [-0.25, -0.2) is 4.99 Å². The lowest BCUT2D eigenvalue weighted by atomic mass is 10.1.